The molecule has 0 aliphatic heterocycles. The Morgan fingerprint density at radius 2 is 2.05 bits per heavy atom. The minimum absolute atomic E-state index is 0.186. The summed E-state index contributed by atoms with van der Waals surface area (Å²) < 4.78 is 4.97. The third-order valence-electron chi connectivity index (χ3n) is 2.92. The number of methoxy groups -OCH3 is 1. The Bertz CT molecular complexity index is 573. The molecule has 0 radical (unpaired) electrons. The number of nitrogens with one attached hydrogen (secondary N) is 2. The van der Waals surface area contributed by atoms with Gasteiger partial charge in [0.25, 0.3) is 5.91 Å². The fraction of sp³-hybridized carbons (Fsp3) is 0.250. The number of amides is 1. The van der Waals surface area contributed by atoms with Crippen LogP contribution >= 0.6 is 0 Å². The van der Waals surface area contributed by atoms with E-state index in [9.17, 15) is 4.79 Å². The number of anilines is 1. The van der Waals surface area contributed by atoms with Crippen LogP contribution in [0.25, 0.3) is 0 Å². The van der Waals surface area contributed by atoms with E-state index in [-0.39, 0.29) is 5.91 Å². The lowest BCUT2D eigenvalue weighted by molar-refractivity contribution is 0.0946. The van der Waals surface area contributed by atoms with E-state index < -0.39 is 0 Å². The van der Waals surface area contributed by atoms with Crippen LogP contribution in [0.1, 0.15) is 16.1 Å². The highest BCUT2D eigenvalue weighted by molar-refractivity contribution is 5.93. The Hall–Kier alpha value is -2.40. The Morgan fingerprint density at radius 3 is 2.81 bits per heavy atom. The van der Waals surface area contributed by atoms with Gasteiger partial charge in [0.1, 0.15) is 5.69 Å². The lowest BCUT2D eigenvalue weighted by atomic mass is 10.2. The fourth-order valence-corrected chi connectivity index (χ4v) is 1.83. The number of carbonyl (C=O) groups excluding carboxylic acids is 1. The van der Waals surface area contributed by atoms with E-state index in [2.05, 4.69) is 15.6 Å². The van der Waals surface area contributed by atoms with Gasteiger partial charge in [-0.3, -0.25) is 9.78 Å². The number of hydrogen-bond donors (Lipinski definition) is 2. The van der Waals surface area contributed by atoms with E-state index in [0.29, 0.717) is 25.4 Å². The molecule has 1 aromatic heterocycles. The van der Waals surface area contributed by atoms with Gasteiger partial charge < -0.3 is 15.4 Å². The summed E-state index contributed by atoms with van der Waals surface area (Å²) in [4.78, 5) is 16.2. The average molecular weight is 285 g/mol. The number of aromatic nitrogens is 1. The van der Waals surface area contributed by atoms with Crippen LogP contribution in [0, 0.1) is 0 Å². The molecule has 2 rings (SSSR count). The first-order valence-electron chi connectivity index (χ1n) is 6.80. The lowest BCUT2D eigenvalue weighted by Gasteiger charge is -2.08. The fourth-order valence-electron chi connectivity index (χ4n) is 1.83. The number of benzene rings is 1. The van der Waals surface area contributed by atoms with Gasteiger partial charge in [-0.15, -0.1) is 0 Å². The van der Waals surface area contributed by atoms with Gasteiger partial charge in [0, 0.05) is 32.1 Å². The van der Waals surface area contributed by atoms with E-state index in [4.69, 9.17) is 4.74 Å². The van der Waals surface area contributed by atoms with Crippen LogP contribution in [0.15, 0.2) is 48.7 Å². The highest BCUT2D eigenvalue weighted by atomic mass is 16.5. The molecule has 0 aliphatic carbocycles. The number of hydrogen-bond acceptors (Lipinski definition) is 4. The Kier molecular flexibility index (Phi) is 5.72. The van der Waals surface area contributed by atoms with Gasteiger partial charge in [-0.25, -0.2) is 0 Å². The van der Waals surface area contributed by atoms with Crippen molar-refractivity contribution in [1.82, 2.24) is 10.3 Å². The van der Waals surface area contributed by atoms with Gasteiger partial charge >= 0.3 is 0 Å². The summed E-state index contributed by atoms with van der Waals surface area (Å²) >= 11 is 0. The summed E-state index contributed by atoms with van der Waals surface area (Å²) in [6.07, 6.45) is 1.62. The summed E-state index contributed by atoms with van der Waals surface area (Å²) in [5.41, 5.74) is 2.31. The SMILES string of the molecule is COCCNc1ccnc(C(=O)NCc2ccccc2)c1. The maximum absolute atomic E-state index is 12.1. The van der Waals surface area contributed by atoms with Crippen molar-refractivity contribution in [2.75, 3.05) is 25.6 Å². The first kappa shape index (κ1) is 15.0. The molecule has 0 fully saturated rings. The van der Waals surface area contributed by atoms with Crippen molar-refractivity contribution in [3.8, 4) is 0 Å². The summed E-state index contributed by atoms with van der Waals surface area (Å²) in [7, 11) is 1.65. The van der Waals surface area contributed by atoms with Crippen molar-refractivity contribution in [1.29, 1.82) is 0 Å². The van der Waals surface area contributed by atoms with Crippen LogP contribution < -0.4 is 10.6 Å². The summed E-state index contributed by atoms with van der Waals surface area (Å²) in [5, 5.41) is 6.03. The van der Waals surface area contributed by atoms with E-state index in [1.54, 1.807) is 19.4 Å². The van der Waals surface area contributed by atoms with Crippen LogP contribution in [0.5, 0.6) is 0 Å². The molecule has 0 atom stereocenters. The zero-order valence-corrected chi connectivity index (χ0v) is 12.0. The van der Waals surface area contributed by atoms with E-state index in [1.165, 1.54) is 0 Å². The van der Waals surface area contributed by atoms with E-state index >= 15 is 0 Å². The molecular formula is C16H19N3O2. The van der Waals surface area contributed by atoms with Crippen molar-refractivity contribution in [2.24, 2.45) is 0 Å². The summed E-state index contributed by atoms with van der Waals surface area (Å²) in [6, 6.07) is 13.3. The smallest absolute Gasteiger partial charge is 0.270 e. The first-order chi connectivity index (χ1) is 10.3. The maximum atomic E-state index is 12.1. The van der Waals surface area contributed by atoms with Crippen LogP contribution in [-0.2, 0) is 11.3 Å². The monoisotopic (exact) mass is 285 g/mol. The molecule has 1 aromatic carbocycles. The Labute approximate surface area is 124 Å². The standard InChI is InChI=1S/C16H19N3O2/c1-21-10-9-17-14-7-8-18-15(11-14)16(20)19-12-13-5-3-2-4-6-13/h2-8,11H,9-10,12H2,1H3,(H,17,18)(H,19,20). The second kappa shape index (κ2) is 8.01. The van der Waals surface area contributed by atoms with Gasteiger partial charge in [-0.2, -0.15) is 0 Å². The third-order valence-corrected chi connectivity index (χ3v) is 2.92. The van der Waals surface area contributed by atoms with E-state index in [0.717, 1.165) is 11.3 Å². The quantitative estimate of drug-likeness (QED) is 0.764. The first-order valence-corrected chi connectivity index (χ1v) is 6.80. The van der Waals surface area contributed by atoms with Gasteiger partial charge in [0.2, 0.25) is 0 Å². The second-order valence-electron chi connectivity index (χ2n) is 4.52. The van der Waals surface area contributed by atoms with Gasteiger partial charge in [0.15, 0.2) is 0 Å². The Balaban J connectivity index is 1.91. The van der Waals surface area contributed by atoms with Crippen LogP contribution in [-0.4, -0.2) is 31.2 Å². The predicted octanol–water partition coefficient (Wildman–Crippen LogP) is 2.07. The molecule has 5 nitrogen and oxygen atoms in total. The van der Waals surface area contributed by atoms with Crippen molar-refractivity contribution < 1.29 is 9.53 Å². The third kappa shape index (κ3) is 4.89. The van der Waals surface area contributed by atoms with E-state index in [1.807, 2.05) is 36.4 Å². The van der Waals surface area contributed by atoms with Crippen molar-refractivity contribution >= 4 is 11.6 Å². The molecule has 5 heteroatoms. The molecule has 0 spiro atoms. The van der Waals surface area contributed by atoms with Gasteiger partial charge in [-0.1, -0.05) is 30.3 Å². The molecular weight excluding hydrogens is 266 g/mol. The van der Waals surface area contributed by atoms with Crippen molar-refractivity contribution in [2.45, 2.75) is 6.54 Å². The lowest BCUT2D eigenvalue weighted by Crippen LogP contribution is -2.23. The minimum Gasteiger partial charge on any atom is -0.383 e. The van der Waals surface area contributed by atoms with Crippen LogP contribution in [0.3, 0.4) is 0 Å². The van der Waals surface area contributed by atoms with Crippen molar-refractivity contribution in [3.05, 3.63) is 59.9 Å². The highest BCUT2D eigenvalue weighted by Gasteiger charge is 2.07. The average Bonchev–Trinajstić information content (AvgIpc) is 2.54. The number of nitrogens with zero attached hydrogens (tertiary/aromatic N) is 1. The summed E-state index contributed by atoms with van der Waals surface area (Å²) in [6.45, 7) is 1.78. The zero-order chi connectivity index (χ0) is 14.9. The number of pyridine rings is 1. The molecule has 0 unspecified atom stereocenters. The van der Waals surface area contributed by atoms with Crippen molar-refractivity contribution in [3.63, 3.8) is 0 Å². The normalized spacial score (nSPS) is 10.1. The number of rotatable bonds is 7. The minimum atomic E-state index is -0.186. The molecule has 0 bridgehead atoms. The largest absolute Gasteiger partial charge is 0.383 e. The molecule has 21 heavy (non-hydrogen) atoms. The topological polar surface area (TPSA) is 63.2 Å². The molecule has 0 saturated heterocycles. The maximum Gasteiger partial charge on any atom is 0.270 e. The molecule has 2 N–H and O–H groups in total. The molecule has 1 heterocycles. The second-order valence-corrected chi connectivity index (χ2v) is 4.52. The molecule has 0 saturated carbocycles. The number of ether oxygens (including phenoxy) is 1. The van der Waals surface area contributed by atoms with Crippen LogP contribution in [0.4, 0.5) is 5.69 Å². The Morgan fingerprint density at radius 1 is 1.24 bits per heavy atom. The van der Waals surface area contributed by atoms with Gasteiger partial charge in [0.05, 0.1) is 6.61 Å². The molecule has 2 aromatic rings. The summed E-state index contributed by atoms with van der Waals surface area (Å²) in [5.74, 6) is -0.186. The molecule has 1 amide bonds. The predicted molar refractivity (Wildman–Crippen MR) is 82.2 cm³/mol. The zero-order valence-electron chi connectivity index (χ0n) is 12.0. The molecule has 110 valence electrons. The van der Waals surface area contributed by atoms with Gasteiger partial charge in [-0.05, 0) is 17.7 Å². The van der Waals surface area contributed by atoms with Crippen LogP contribution in [0.2, 0.25) is 0 Å². The molecule has 0 aliphatic rings. The highest BCUT2D eigenvalue weighted by Crippen LogP contribution is 2.08. The number of carbonyl (C=O) groups is 1.